The molecule has 322 valence electrons. The Morgan fingerprint density at radius 2 is 1.41 bits per heavy atom. The van der Waals surface area contributed by atoms with Gasteiger partial charge in [-0.25, -0.2) is 9.59 Å². The van der Waals surface area contributed by atoms with Crippen LogP contribution in [0.2, 0.25) is 0 Å². The van der Waals surface area contributed by atoms with Gasteiger partial charge in [0.05, 0.1) is 23.5 Å². The Balaban J connectivity index is 1.92. The van der Waals surface area contributed by atoms with Crippen LogP contribution in [0, 0.1) is 39.4 Å². The lowest BCUT2D eigenvalue weighted by molar-refractivity contribution is -0.356. The molecule has 5 rings (SSSR count). The highest BCUT2D eigenvalue weighted by atomic mass is 16.7. The molecule has 0 spiro atoms. The number of epoxide rings is 1. The number of Topliss-reactive ketones (excluding diaryl/α,β-unsaturated/α-hetero) is 1. The zero-order valence-electron chi connectivity index (χ0n) is 34.1. The highest BCUT2D eigenvalue weighted by molar-refractivity contribution is 6.01. The SMILES string of the molecule is COC(=O)[C@@]12OC1C(=O)C[C@@]1(O)[C@@H]3CC[C@@]4(C)[C@H](C=O)[C@@](COC(=O)CO)(C(C)OC(C)=O)[C@@H](OC(C)=O)[C@@H](OC(C)=O)[C@@H]4[C@@]3(C)[C@H](OC(C)=O)[C@H](OC(C)=O)[C@@]21C. The van der Waals surface area contributed by atoms with E-state index < -0.39 is 154 Å². The fraction of sp³-hybridized carbons (Fsp3) is 0.769. The number of aldehydes is 1. The van der Waals surface area contributed by atoms with Crippen molar-refractivity contribution in [2.45, 2.75) is 129 Å². The molecule has 1 aliphatic heterocycles. The van der Waals surface area contributed by atoms with Crippen LogP contribution in [0.4, 0.5) is 0 Å². The van der Waals surface area contributed by atoms with Gasteiger partial charge in [-0.05, 0) is 38.0 Å². The molecular weight excluding hydrogens is 772 g/mol. The largest absolute Gasteiger partial charge is 0.467 e. The van der Waals surface area contributed by atoms with E-state index in [1.165, 1.54) is 20.8 Å². The number of rotatable bonds is 11. The zero-order valence-corrected chi connectivity index (χ0v) is 34.1. The van der Waals surface area contributed by atoms with Crippen molar-refractivity contribution in [3.8, 4) is 0 Å². The summed E-state index contributed by atoms with van der Waals surface area (Å²) in [5.74, 6) is -11.7. The van der Waals surface area contributed by atoms with Gasteiger partial charge in [0, 0.05) is 58.3 Å². The smallest absolute Gasteiger partial charge is 0.342 e. The number of aliphatic hydroxyl groups excluding tert-OH is 1. The molecule has 4 aliphatic carbocycles. The minimum Gasteiger partial charge on any atom is -0.467 e. The third-order valence-corrected chi connectivity index (χ3v) is 14.1. The summed E-state index contributed by atoms with van der Waals surface area (Å²) in [5, 5.41) is 23.0. The molecule has 58 heavy (non-hydrogen) atoms. The molecule has 15 atom stereocenters. The van der Waals surface area contributed by atoms with Crippen LogP contribution in [0.1, 0.15) is 81.6 Å². The van der Waals surface area contributed by atoms with Gasteiger partial charge in [-0.1, -0.05) is 13.8 Å². The van der Waals surface area contributed by atoms with E-state index in [0.717, 1.165) is 41.7 Å². The number of carbonyl (C=O) groups excluding carboxylic acids is 9. The summed E-state index contributed by atoms with van der Waals surface area (Å²) in [7, 11) is 1.04. The van der Waals surface area contributed by atoms with E-state index in [0.29, 0.717) is 6.29 Å². The Morgan fingerprint density at radius 3 is 1.91 bits per heavy atom. The van der Waals surface area contributed by atoms with Crippen LogP contribution in [0.5, 0.6) is 0 Å². The van der Waals surface area contributed by atoms with Crippen molar-refractivity contribution in [2.24, 2.45) is 39.4 Å². The number of hydrogen-bond donors (Lipinski definition) is 2. The molecule has 0 aromatic heterocycles. The maximum absolute atomic E-state index is 13.9. The second-order valence-electron chi connectivity index (χ2n) is 16.9. The van der Waals surface area contributed by atoms with Crippen LogP contribution in [-0.4, -0.2) is 132 Å². The summed E-state index contributed by atoms with van der Waals surface area (Å²) >= 11 is 0. The number of fused-ring (bicyclic) bond motifs is 7. The number of methoxy groups -OCH3 is 1. The minimum atomic E-state index is -2.36. The highest BCUT2D eigenvalue weighted by Gasteiger charge is 2.92. The summed E-state index contributed by atoms with van der Waals surface area (Å²) in [6.45, 7) is 9.19. The van der Waals surface area contributed by atoms with Crippen LogP contribution >= 0.6 is 0 Å². The summed E-state index contributed by atoms with van der Waals surface area (Å²) in [6, 6.07) is 0. The highest BCUT2D eigenvalue weighted by Crippen LogP contribution is 2.77. The molecule has 19 heteroatoms. The molecule has 4 saturated carbocycles. The van der Waals surface area contributed by atoms with E-state index in [9.17, 15) is 53.4 Å². The average Bonchev–Trinajstić information content (AvgIpc) is 3.89. The summed E-state index contributed by atoms with van der Waals surface area (Å²) in [6.07, 6.45) is -10.3. The average molecular weight is 825 g/mol. The first-order chi connectivity index (χ1) is 26.9. The minimum absolute atomic E-state index is 0.0819. The maximum atomic E-state index is 13.9. The molecule has 19 nitrogen and oxygen atoms in total. The summed E-state index contributed by atoms with van der Waals surface area (Å²) < 4.78 is 46.4. The quantitative estimate of drug-likeness (QED) is 0.121. The zero-order chi connectivity index (χ0) is 43.7. The Hall–Kier alpha value is -4.49. The first kappa shape index (κ1) is 44.6. The summed E-state index contributed by atoms with van der Waals surface area (Å²) in [5.41, 5.74) is -12.1. The first-order valence-corrected chi connectivity index (χ1v) is 19.0. The number of hydrogen-bond acceptors (Lipinski definition) is 19. The molecule has 0 aromatic carbocycles. The molecule has 2 N–H and O–H groups in total. The molecule has 0 bridgehead atoms. The van der Waals surface area contributed by atoms with Crippen molar-refractivity contribution in [3.05, 3.63) is 0 Å². The number of aliphatic hydroxyl groups is 2. The lowest BCUT2D eigenvalue weighted by Gasteiger charge is -2.74. The van der Waals surface area contributed by atoms with Gasteiger partial charge in [0.15, 0.2) is 24.1 Å². The topological polar surface area (TPSA) is 271 Å². The van der Waals surface area contributed by atoms with Crippen LogP contribution in [0.15, 0.2) is 0 Å². The molecule has 1 heterocycles. The van der Waals surface area contributed by atoms with Gasteiger partial charge in [-0.2, -0.15) is 0 Å². The fourth-order valence-corrected chi connectivity index (χ4v) is 12.2. The molecule has 1 saturated heterocycles. The van der Waals surface area contributed by atoms with Crippen molar-refractivity contribution in [1.82, 2.24) is 0 Å². The molecule has 0 aromatic rings. The lowest BCUT2D eigenvalue weighted by atomic mass is 9.32. The Morgan fingerprint density at radius 1 is 0.862 bits per heavy atom. The molecule has 2 unspecified atom stereocenters. The maximum Gasteiger partial charge on any atom is 0.342 e. The van der Waals surface area contributed by atoms with Crippen molar-refractivity contribution < 1.29 is 91.3 Å². The summed E-state index contributed by atoms with van der Waals surface area (Å²) in [4.78, 5) is 120. The van der Waals surface area contributed by atoms with E-state index in [-0.39, 0.29) is 12.8 Å². The van der Waals surface area contributed by atoms with Crippen molar-refractivity contribution in [3.63, 3.8) is 0 Å². The van der Waals surface area contributed by atoms with Crippen molar-refractivity contribution in [2.75, 3.05) is 20.3 Å². The van der Waals surface area contributed by atoms with Gasteiger partial charge in [-0.15, -0.1) is 0 Å². The number of carbonyl (C=O) groups is 9. The monoisotopic (exact) mass is 824 g/mol. The molecule has 0 amide bonds. The number of ether oxygens (including phenoxy) is 8. The van der Waals surface area contributed by atoms with Gasteiger partial charge in [0.2, 0.25) is 5.60 Å². The van der Waals surface area contributed by atoms with E-state index >= 15 is 0 Å². The van der Waals surface area contributed by atoms with Gasteiger partial charge in [-0.3, -0.25) is 28.8 Å². The molecule has 5 fully saturated rings. The number of esters is 7. The number of ketones is 1. The van der Waals surface area contributed by atoms with E-state index in [4.69, 9.17) is 37.9 Å². The standard InChI is InChI=1S/C39H52O19/c1-17(53-18(2)42)37(16-52-26(48)15-41)25(14-40)34(7)12-11-24-35(8,28(34)27(54-19(3)43)30(37)55-20(4)44)31(56-21(5)45)32(57-22(6)46)36(9)38(24,50)13-23(47)29-39(36,58-29)33(49)51-10/h14,17,24-25,27-32,41,50H,11-13,15-16H2,1-10H3/t17?,24-,25+,27+,28+,29?,30+,31-,32+,34+,35+,36-,37-,38-,39+/m1/s1. The van der Waals surface area contributed by atoms with Crippen molar-refractivity contribution >= 4 is 53.9 Å². The van der Waals surface area contributed by atoms with Crippen LogP contribution in [0.25, 0.3) is 0 Å². The third kappa shape index (κ3) is 6.04. The predicted molar refractivity (Wildman–Crippen MR) is 188 cm³/mol. The Labute approximate surface area is 334 Å². The van der Waals surface area contributed by atoms with Gasteiger partial charge in [0.1, 0.15) is 37.8 Å². The van der Waals surface area contributed by atoms with Gasteiger partial charge in [0.25, 0.3) is 0 Å². The second-order valence-corrected chi connectivity index (χ2v) is 16.9. The van der Waals surface area contributed by atoms with Crippen LogP contribution in [0.3, 0.4) is 0 Å². The fourth-order valence-electron chi connectivity index (χ4n) is 12.2. The Kier molecular flexibility index (Phi) is 11.5. The van der Waals surface area contributed by atoms with Gasteiger partial charge < -0.3 is 52.9 Å². The van der Waals surface area contributed by atoms with Gasteiger partial charge >= 0.3 is 41.8 Å². The first-order valence-electron chi connectivity index (χ1n) is 19.0. The predicted octanol–water partition coefficient (Wildman–Crippen LogP) is 0.0886. The van der Waals surface area contributed by atoms with E-state index in [1.807, 2.05) is 0 Å². The lowest BCUT2D eigenvalue weighted by Crippen LogP contribution is -2.84. The normalized spacial score (nSPS) is 42.6. The van der Waals surface area contributed by atoms with Crippen LogP contribution < -0.4 is 0 Å². The van der Waals surface area contributed by atoms with E-state index in [2.05, 4.69) is 0 Å². The second kappa shape index (κ2) is 15.0. The molecule has 5 aliphatic rings. The Bertz CT molecular complexity index is 1790. The van der Waals surface area contributed by atoms with Crippen LogP contribution in [-0.2, 0) is 81.0 Å². The molecular formula is C39H52O19. The van der Waals surface area contributed by atoms with E-state index in [1.54, 1.807) is 6.92 Å². The molecule has 0 radical (unpaired) electrons. The van der Waals surface area contributed by atoms with Crippen molar-refractivity contribution in [1.29, 1.82) is 0 Å². The third-order valence-electron chi connectivity index (χ3n) is 14.1.